The summed E-state index contributed by atoms with van der Waals surface area (Å²) in [4.78, 5) is 2.01. The van der Waals surface area contributed by atoms with E-state index < -0.39 is 11.7 Å². The van der Waals surface area contributed by atoms with Crippen LogP contribution >= 0.6 is 0 Å². The Hall–Kier alpha value is -1.23. The first kappa shape index (κ1) is 14.2. The van der Waals surface area contributed by atoms with Crippen molar-refractivity contribution in [1.82, 2.24) is 5.32 Å². The van der Waals surface area contributed by atoms with E-state index in [1.807, 2.05) is 4.90 Å². The summed E-state index contributed by atoms with van der Waals surface area (Å²) in [5.74, 6) is 0. The normalized spacial score (nSPS) is 19.6. The number of rotatable bonds is 1. The fourth-order valence-electron chi connectivity index (χ4n) is 2.47. The Morgan fingerprint density at radius 3 is 2.53 bits per heavy atom. The Kier molecular flexibility index (Phi) is 3.51. The molecule has 1 aromatic carbocycles. The number of aryl methyl sites for hydroxylation is 1. The summed E-state index contributed by atoms with van der Waals surface area (Å²) in [7, 11) is 0. The van der Waals surface area contributed by atoms with Crippen LogP contribution in [0.1, 0.15) is 25.0 Å². The highest BCUT2D eigenvalue weighted by molar-refractivity contribution is 5.52. The lowest BCUT2D eigenvalue weighted by atomic mass is 10.0. The van der Waals surface area contributed by atoms with Gasteiger partial charge >= 0.3 is 6.18 Å². The molecule has 0 amide bonds. The number of anilines is 1. The standard InChI is InChI=1S/C14H19F3N2/c1-10-4-5-11(8-12(10)14(15,16)17)19-7-6-18-13(2,3)9-19/h4-5,8,18H,6-7,9H2,1-3H3. The molecule has 1 fully saturated rings. The third-order valence-electron chi connectivity index (χ3n) is 3.46. The van der Waals surface area contributed by atoms with Crippen LogP contribution in [0, 0.1) is 6.92 Å². The van der Waals surface area contributed by atoms with Crippen molar-refractivity contribution >= 4 is 5.69 Å². The summed E-state index contributed by atoms with van der Waals surface area (Å²) in [6.45, 7) is 7.81. The third kappa shape index (κ3) is 3.21. The predicted molar refractivity (Wildman–Crippen MR) is 70.5 cm³/mol. The largest absolute Gasteiger partial charge is 0.416 e. The molecule has 0 bridgehead atoms. The summed E-state index contributed by atoms with van der Waals surface area (Å²) in [5, 5.41) is 3.35. The molecule has 1 aliphatic heterocycles. The number of nitrogens with one attached hydrogen (secondary N) is 1. The van der Waals surface area contributed by atoms with Gasteiger partial charge in [0.15, 0.2) is 0 Å². The summed E-state index contributed by atoms with van der Waals surface area (Å²) >= 11 is 0. The van der Waals surface area contributed by atoms with Gasteiger partial charge in [-0.25, -0.2) is 0 Å². The highest BCUT2D eigenvalue weighted by atomic mass is 19.4. The first-order valence-corrected chi connectivity index (χ1v) is 6.37. The van der Waals surface area contributed by atoms with Gasteiger partial charge in [-0.15, -0.1) is 0 Å². The molecule has 2 rings (SSSR count). The SMILES string of the molecule is Cc1ccc(N2CCNC(C)(C)C2)cc1C(F)(F)F. The van der Waals surface area contributed by atoms with Crippen LogP contribution in [0.3, 0.4) is 0 Å². The van der Waals surface area contributed by atoms with Crippen LogP contribution in [0.25, 0.3) is 0 Å². The number of hydrogen-bond donors (Lipinski definition) is 1. The zero-order valence-electron chi connectivity index (χ0n) is 11.4. The molecule has 1 aromatic rings. The van der Waals surface area contributed by atoms with Crippen molar-refractivity contribution in [3.05, 3.63) is 29.3 Å². The van der Waals surface area contributed by atoms with Gasteiger partial charge in [0.2, 0.25) is 0 Å². The molecule has 1 saturated heterocycles. The number of hydrogen-bond acceptors (Lipinski definition) is 2. The molecule has 2 nitrogen and oxygen atoms in total. The minimum absolute atomic E-state index is 0.0818. The molecule has 0 radical (unpaired) electrons. The van der Waals surface area contributed by atoms with E-state index in [1.165, 1.54) is 13.0 Å². The van der Waals surface area contributed by atoms with Gasteiger partial charge in [-0.1, -0.05) is 6.07 Å². The van der Waals surface area contributed by atoms with Gasteiger partial charge in [-0.2, -0.15) is 13.2 Å². The molecular weight excluding hydrogens is 253 g/mol. The second-order valence-electron chi connectivity index (χ2n) is 5.73. The summed E-state index contributed by atoms with van der Waals surface area (Å²) in [6.07, 6.45) is -4.29. The van der Waals surface area contributed by atoms with E-state index in [0.29, 0.717) is 12.2 Å². The monoisotopic (exact) mass is 272 g/mol. The zero-order valence-corrected chi connectivity index (χ0v) is 11.4. The van der Waals surface area contributed by atoms with Crippen molar-refractivity contribution < 1.29 is 13.2 Å². The van der Waals surface area contributed by atoms with Gasteiger partial charge < -0.3 is 10.2 Å². The molecule has 0 unspecified atom stereocenters. The molecule has 0 saturated carbocycles. The zero-order chi connectivity index (χ0) is 14.3. The second kappa shape index (κ2) is 4.71. The van der Waals surface area contributed by atoms with Gasteiger partial charge in [-0.05, 0) is 38.5 Å². The van der Waals surface area contributed by atoms with Gasteiger partial charge in [-0.3, -0.25) is 0 Å². The minimum Gasteiger partial charge on any atom is -0.368 e. The maximum absolute atomic E-state index is 12.9. The van der Waals surface area contributed by atoms with Crippen LogP contribution in [0.2, 0.25) is 0 Å². The Balaban J connectivity index is 2.31. The van der Waals surface area contributed by atoms with Crippen molar-refractivity contribution in [2.24, 2.45) is 0 Å². The number of benzene rings is 1. The van der Waals surface area contributed by atoms with E-state index in [0.717, 1.165) is 13.1 Å². The van der Waals surface area contributed by atoms with Crippen molar-refractivity contribution in [3.63, 3.8) is 0 Å². The molecule has 0 atom stereocenters. The molecule has 0 aromatic heterocycles. The summed E-state index contributed by atoms with van der Waals surface area (Å²) in [6, 6.07) is 4.58. The van der Waals surface area contributed by atoms with Crippen LogP contribution in [-0.4, -0.2) is 25.2 Å². The van der Waals surface area contributed by atoms with Crippen LogP contribution < -0.4 is 10.2 Å². The number of nitrogens with zero attached hydrogens (tertiary/aromatic N) is 1. The van der Waals surface area contributed by atoms with Crippen molar-refractivity contribution in [2.45, 2.75) is 32.5 Å². The highest BCUT2D eigenvalue weighted by Gasteiger charge is 2.33. The van der Waals surface area contributed by atoms with Crippen LogP contribution in [0.15, 0.2) is 18.2 Å². The molecule has 1 N–H and O–H groups in total. The summed E-state index contributed by atoms with van der Waals surface area (Å²) < 4.78 is 38.8. The lowest BCUT2D eigenvalue weighted by molar-refractivity contribution is -0.138. The lowest BCUT2D eigenvalue weighted by Gasteiger charge is -2.40. The molecule has 19 heavy (non-hydrogen) atoms. The van der Waals surface area contributed by atoms with E-state index in [2.05, 4.69) is 19.2 Å². The molecule has 5 heteroatoms. The Labute approximate surface area is 111 Å². The molecule has 0 spiro atoms. The third-order valence-corrected chi connectivity index (χ3v) is 3.46. The van der Waals surface area contributed by atoms with Crippen molar-refractivity contribution in [1.29, 1.82) is 0 Å². The first-order valence-electron chi connectivity index (χ1n) is 6.37. The van der Waals surface area contributed by atoms with Crippen LogP contribution in [0.5, 0.6) is 0 Å². The maximum Gasteiger partial charge on any atom is 0.416 e. The topological polar surface area (TPSA) is 15.3 Å². The molecule has 0 aliphatic carbocycles. The van der Waals surface area contributed by atoms with Gasteiger partial charge in [0.05, 0.1) is 5.56 Å². The number of halogens is 3. The minimum atomic E-state index is -4.29. The fourth-order valence-corrected chi connectivity index (χ4v) is 2.47. The molecule has 1 heterocycles. The Morgan fingerprint density at radius 1 is 1.26 bits per heavy atom. The van der Waals surface area contributed by atoms with E-state index in [-0.39, 0.29) is 11.1 Å². The summed E-state index contributed by atoms with van der Waals surface area (Å²) in [5.41, 5.74) is 0.293. The number of piperazine rings is 1. The van der Waals surface area contributed by atoms with E-state index in [9.17, 15) is 13.2 Å². The molecular formula is C14H19F3N2. The second-order valence-corrected chi connectivity index (χ2v) is 5.73. The van der Waals surface area contributed by atoms with Gasteiger partial charge in [0.1, 0.15) is 0 Å². The van der Waals surface area contributed by atoms with Crippen molar-refractivity contribution in [2.75, 3.05) is 24.5 Å². The average Bonchev–Trinajstić information content (AvgIpc) is 2.26. The number of alkyl halides is 3. The van der Waals surface area contributed by atoms with Crippen LogP contribution in [-0.2, 0) is 6.18 Å². The molecule has 1 aliphatic rings. The van der Waals surface area contributed by atoms with Crippen molar-refractivity contribution in [3.8, 4) is 0 Å². The van der Waals surface area contributed by atoms with Gasteiger partial charge in [0, 0.05) is 30.9 Å². The Morgan fingerprint density at radius 2 is 1.95 bits per heavy atom. The van der Waals surface area contributed by atoms with E-state index in [1.54, 1.807) is 12.1 Å². The smallest absolute Gasteiger partial charge is 0.368 e. The predicted octanol–water partition coefficient (Wildman–Crippen LogP) is 3.20. The van der Waals surface area contributed by atoms with E-state index in [4.69, 9.17) is 0 Å². The lowest BCUT2D eigenvalue weighted by Crippen LogP contribution is -2.57. The van der Waals surface area contributed by atoms with E-state index >= 15 is 0 Å². The van der Waals surface area contributed by atoms with Crippen LogP contribution in [0.4, 0.5) is 18.9 Å². The molecule has 106 valence electrons. The maximum atomic E-state index is 12.9. The quantitative estimate of drug-likeness (QED) is 0.844. The average molecular weight is 272 g/mol. The first-order chi connectivity index (χ1) is 8.69. The van der Waals surface area contributed by atoms with Gasteiger partial charge in [0.25, 0.3) is 0 Å². The highest BCUT2D eigenvalue weighted by Crippen LogP contribution is 2.34. The fraction of sp³-hybridized carbons (Fsp3) is 0.571. The Bertz CT molecular complexity index is 466.